The number of hydrogen-bond acceptors (Lipinski definition) is 1. The van der Waals surface area contributed by atoms with Crippen LogP contribution in [0.1, 0.15) is 0 Å². The number of aromatic nitrogens is 2. The van der Waals surface area contributed by atoms with Gasteiger partial charge in [-0.25, -0.2) is 4.39 Å². The summed E-state index contributed by atoms with van der Waals surface area (Å²) in [6.45, 7) is 0. The molecule has 1 aromatic carbocycles. The molecule has 2 rings (SSSR count). The fraction of sp³-hybridized carbons (Fsp3) is 0. The second-order valence-corrected chi connectivity index (χ2v) is 3.11. The van der Waals surface area contributed by atoms with Gasteiger partial charge in [0.25, 0.3) is 0 Å². The Morgan fingerprint density at radius 2 is 2.17 bits per heavy atom. The van der Waals surface area contributed by atoms with Crippen molar-refractivity contribution in [1.29, 1.82) is 0 Å². The molecule has 0 unspecified atom stereocenters. The first-order chi connectivity index (χ1) is 5.70. The summed E-state index contributed by atoms with van der Waals surface area (Å²) in [4.78, 5) is 0. The second-order valence-electron chi connectivity index (χ2n) is 2.32. The Morgan fingerprint density at radius 1 is 1.42 bits per heavy atom. The van der Waals surface area contributed by atoms with Crippen LogP contribution in [0.5, 0.6) is 0 Å². The maximum atomic E-state index is 13.0. The van der Waals surface area contributed by atoms with Gasteiger partial charge in [-0.1, -0.05) is 23.2 Å². The molecule has 12 heavy (non-hydrogen) atoms. The van der Waals surface area contributed by atoms with Crippen molar-refractivity contribution in [2.45, 2.75) is 0 Å². The number of hydrogen-bond donors (Lipinski definition) is 1. The summed E-state index contributed by atoms with van der Waals surface area (Å²) >= 11 is 11.2. The van der Waals surface area contributed by atoms with E-state index in [4.69, 9.17) is 23.2 Å². The van der Waals surface area contributed by atoms with Gasteiger partial charge in [0.05, 0.1) is 16.7 Å². The molecule has 1 aromatic heterocycles. The molecule has 0 spiro atoms. The molecule has 1 heterocycles. The monoisotopic (exact) mass is 204 g/mol. The lowest BCUT2D eigenvalue weighted by molar-refractivity contribution is 0.630. The summed E-state index contributed by atoms with van der Waals surface area (Å²) in [5.74, 6) is -0.616. The molecule has 0 radical (unpaired) electrons. The SMILES string of the molecule is Fc1c(Cl)cc2cn[nH]c2c1Cl. The molecule has 5 heteroatoms. The first kappa shape index (κ1) is 7.83. The highest BCUT2D eigenvalue weighted by molar-refractivity contribution is 6.38. The Bertz CT molecular complexity index is 438. The van der Waals surface area contributed by atoms with E-state index < -0.39 is 5.82 Å². The standard InChI is InChI=1S/C7H3Cl2FN2/c8-4-1-3-2-11-12-7(3)5(9)6(4)10/h1-2H,(H,11,12). The van der Waals surface area contributed by atoms with Crippen molar-refractivity contribution < 1.29 is 4.39 Å². The predicted octanol–water partition coefficient (Wildman–Crippen LogP) is 3.01. The Morgan fingerprint density at radius 3 is 2.92 bits per heavy atom. The minimum absolute atomic E-state index is 0.00824. The maximum absolute atomic E-state index is 13.0. The minimum atomic E-state index is -0.616. The molecule has 0 fully saturated rings. The molecule has 62 valence electrons. The molecule has 0 bridgehead atoms. The van der Waals surface area contributed by atoms with Gasteiger partial charge in [-0.05, 0) is 6.07 Å². The third-order valence-corrected chi connectivity index (χ3v) is 2.20. The summed E-state index contributed by atoms with van der Waals surface area (Å²) in [6, 6.07) is 1.47. The fourth-order valence-electron chi connectivity index (χ4n) is 0.995. The first-order valence-corrected chi connectivity index (χ1v) is 3.92. The molecular formula is C7H3Cl2FN2. The van der Waals surface area contributed by atoms with Crippen molar-refractivity contribution in [2.75, 3.05) is 0 Å². The van der Waals surface area contributed by atoms with Gasteiger partial charge in [-0.3, -0.25) is 5.10 Å². The van der Waals surface area contributed by atoms with Gasteiger partial charge in [-0.2, -0.15) is 5.10 Å². The number of rotatable bonds is 0. The van der Waals surface area contributed by atoms with Crippen molar-refractivity contribution in [3.05, 3.63) is 28.1 Å². The molecule has 1 N–H and O–H groups in total. The van der Waals surface area contributed by atoms with Gasteiger partial charge in [0.1, 0.15) is 5.02 Å². The molecule has 0 saturated carbocycles. The van der Waals surface area contributed by atoms with Gasteiger partial charge >= 0.3 is 0 Å². The first-order valence-electron chi connectivity index (χ1n) is 3.16. The van der Waals surface area contributed by atoms with Gasteiger partial charge in [0.2, 0.25) is 0 Å². The third-order valence-electron chi connectivity index (χ3n) is 1.57. The van der Waals surface area contributed by atoms with Gasteiger partial charge < -0.3 is 0 Å². The molecule has 0 saturated heterocycles. The molecule has 0 aliphatic heterocycles. The minimum Gasteiger partial charge on any atom is -0.276 e. The lowest BCUT2D eigenvalue weighted by atomic mass is 10.2. The van der Waals surface area contributed by atoms with E-state index in [0.29, 0.717) is 10.9 Å². The zero-order valence-corrected chi connectivity index (χ0v) is 7.25. The zero-order valence-electron chi connectivity index (χ0n) is 5.74. The summed E-state index contributed by atoms with van der Waals surface area (Å²) in [7, 11) is 0. The number of nitrogens with zero attached hydrogens (tertiary/aromatic N) is 1. The average Bonchev–Trinajstić information content (AvgIpc) is 2.48. The van der Waals surface area contributed by atoms with Crippen LogP contribution < -0.4 is 0 Å². The summed E-state index contributed by atoms with van der Waals surface area (Å²) in [5.41, 5.74) is 0.471. The van der Waals surface area contributed by atoms with Crippen molar-refractivity contribution in [2.24, 2.45) is 0 Å². The maximum Gasteiger partial charge on any atom is 0.162 e. The quantitative estimate of drug-likeness (QED) is 0.658. The summed E-state index contributed by atoms with van der Waals surface area (Å²) in [5, 5.41) is 6.97. The predicted molar refractivity (Wildman–Crippen MR) is 46.1 cm³/mol. The normalized spacial score (nSPS) is 10.9. The number of halogens is 3. The zero-order chi connectivity index (χ0) is 8.72. The van der Waals surface area contributed by atoms with E-state index in [2.05, 4.69) is 10.2 Å². The summed E-state index contributed by atoms with van der Waals surface area (Å²) in [6.07, 6.45) is 1.53. The number of benzene rings is 1. The highest BCUT2D eigenvalue weighted by Crippen LogP contribution is 2.29. The molecule has 0 amide bonds. The van der Waals surface area contributed by atoms with Crippen LogP contribution >= 0.6 is 23.2 Å². The van der Waals surface area contributed by atoms with E-state index in [1.54, 1.807) is 0 Å². The Balaban J connectivity index is 2.94. The molecule has 2 aromatic rings. The van der Waals surface area contributed by atoms with Crippen molar-refractivity contribution in [1.82, 2.24) is 10.2 Å². The van der Waals surface area contributed by atoms with E-state index in [1.165, 1.54) is 12.3 Å². The van der Waals surface area contributed by atoms with E-state index in [-0.39, 0.29) is 10.0 Å². The van der Waals surface area contributed by atoms with Gasteiger partial charge in [0.15, 0.2) is 5.82 Å². The molecule has 0 aliphatic carbocycles. The van der Waals surface area contributed by atoms with Gasteiger partial charge in [0, 0.05) is 5.39 Å². The van der Waals surface area contributed by atoms with Crippen LogP contribution in [0.2, 0.25) is 10.0 Å². The van der Waals surface area contributed by atoms with Crippen LogP contribution in [0, 0.1) is 5.82 Å². The topological polar surface area (TPSA) is 28.7 Å². The molecular weight excluding hydrogens is 202 g/mol. The fourth-order valence-corrected chi connectivity index (χ4v) is 1.51. The van der Waals surface area contributed by atoms with E-state index >= 15 is 0 Å². The Labute approximate surface area is 77.3 Å². The van der Waals surface area contributed by atoms with Crippen LogP contribution in [0.4, 0.5) is 4.39 Å². The van der Waals surface area contributed by atoms with Crippen LogP contribution in [0.15, 0.2) is 12.3 Å². The Kier molecular flexibility index (Phi) is 1.70. The summed E-state index contributed by atoms with van der Waals surface area (Å²) < 4.78 is 13.0. The molecule has 2 nitrogen and oxygen atoms in total. The highest BCUT2D eigenvalue weighted by atomic mass is 35.5. The van der Waals surface area contributed by atoms with Crippen molar-refractivity contribution >= 4 is 34.1 Å². The molecule has 0 aliphatic rings. The lowest BCUT2D eigenvalue weighted by Gasteiger charge is -1.97. The largest absolute Gasteiger partial charge is 0.276 e. The average molecular weight is 205 g/mol. The van der Waals surface area contributed by atoms with Crippen LogP contribution in [0.25, 0.3) is 10.9 Å². The number of fused-ring (bicyclic) bond motifs is 1. The number of aromatic amines is 1. The third kappa shape index (κ3) is 0.974. The van der Waals surface area contributed by atoms with Gasteiger partial charge in [-0.15, -0.1) is 0 Å². The van der Waals surface area contributed by atoms with E-state index in [9.17, 15) is 4.39 Å². The van der Waals surface area contributed by atoms with Crippen LogP contribution in [-0.2, 0) is 0 Å². The second kappa shape index (κ2) is 2.61. The van der Waals surface area contributed by atoms with Crippen molar-refractivity contribution in [3.63, 3.8) is 0 Å². The lowest BCUT2D eigenvalue weighted by Crippen LogP contribution is -1.80. The van der Waals surface area contributed by atoms with Crippen LogP contribution in [-0.4, -0.2) is 10.2 Å². The number of nitrogens with one attached hydrogen (secondary N) is 1. The van der Waals surface area contributed by atoms with E-state index in [0.717, 1.165) is 0 Å². The highest BCUT2D eigenvalue weighted by Gasteiger charge is 2.10. The smallest absolute Gasteiger partial charge is 0.162 e. The van der Waals surface area contributed by atoms with Crippen molar-refractivity contribution in [3.8, 4) is 0 Å². The van der Waals surface area contributed by atoms with Crippen LogP contribution in [0.3, 0.4) is 0 Å². The number of H-pyrrole nitrogens is 1. The Hall–Kier alpha value is -0.800. The molecule has 0 atom stereocenters. The van der Waals surface area contributed by atoms with E-state index in [1.807, 2.05) is 0 Å².